The molecule has 2 aromatic carbocycles. The number of nitro groups is 1. The Bertz CT molecular complexity index is 868. The van der Waals surface area contributed by atoms with Crippen molar-refractivity contribution >= 4 is 28.6 Å². The minimum atomic E-state index is -0.448. The van der Waals surface area contributed by atoms with Crippen LogP contribution < -0.4 is 5.01 Å². The van der Waals surface area contributed by atoms with Crippen molar-refractivity contribution in [3.8, 4) is 0 Å². The van der Waals surface area contributed by atoms with E-state index in [4.69, 9.17) is 0 Å². The van der Waals surface area contributed by atoms with Gasteiger partial charge in [-0.1, -0.05) is 18.2 Å². The highest BCUT2D eigenvalue weighted by Gasteiger charge is 2.30. The SMILES string of the molecule is CC1=NN(c2ccccc2)C(=O)C1=C(C)c1ccc([N+](=O)[O-])cc1. The summed E-state index contributed by atoms with van der Waals surface area (Å²) in [6.07, 6.45) is 0. The number of nitro benzene ring substituents is 1. The number of anilines is 1. The maximum absolute atomic E-state index is 12.8. The molecule has 0 aromatic heterocycles. The molecule has 6 heteroatoms. The summed E-state index contributed by atoms with van der Waals surface area (Å²) in [6.45, 7) is 3.60. The smallest absolute Gasteiger partial charge is 0.267 e. The molecule has 0 atom stereocenters. The van der Waals surface area contributed by atoms with Crippen molar-refractivity contribution in [3.05, 3.63) is 75.8 Å². The fraction of sp³-hybridized carbons (Fsp3) is 0.111. The molecule has 0 aliphatic carbocycles. The number of amides is 1. The van der Waals surface area contributed by atoms with Gasteiger partial charge in [-0.2, -0.15) is 10.1 Å². The molecule has 1 aliphatic heterocycles. The Kier molecular flexibility index (Phi) is 3.95. The van der Waals surface area contributed by atoms with E-state index in [0.717, 1.165) is 11.1 Å². The van der Waals surface area contributed by atoms with E-state index < -0.39 is 4.92 Å². The van der Waals surface area contributed by atoms with E-state index in [1.54, 1.807) is 19.1 Å². The zero-order valence-electron chi connectivity index (χ0n) is 13.3. The van der Waals surface area contributed by atoms with Crippen LogP contribution >= 0.6 is 0 Å². The molecular weight excluding hydrogens is 306 g/mol. The third-order valence-corrected chi connectivity index (χ3v) is 3.90. The van der Waals surface area contributed by atoms with E-state index in [1.165, 1.54) is 17.1 Å². The normalized spacial score (nSPS) is 16.2. The van der Waals surface area contributed by atoms with E-state index >= 15 is 0 Å². The van der Waals surface area contributed by atoms with Crippen molar-refractivity contribution in [1.29, 1.82) is 0 Å². The molecule has 0 radical (unpaired) electrons. The number of rotatable bonds is 3. The summed E-state index contributed by atoms with van der Waals surface area (Å²) >= 11 is 0. The zero-order valence-corrected chi connectivity index (χ0v) is 13.3. The molecule has 1 amide bonds. The van der Waals surface area contributed by atoms with Gasteiger partial charge in [-0.25, -0.2) is 0 Å². The third kappa shape index (κ3) is 2.69. The highest BCUT2D eigenvalue weighted by atomic mass is 16.6. The Morgan fingerprint density at radius 3 is 2.29 bits per heavy atom. The van der Waals surface area contributed by atoms with Gasteiger partial charge in [-0.15, -0.1) is 0 Å². The summed E-state index contributed by atoms with van der Waals surface area (Å²) < 4.78 is 0. The maximum Gasteiger partial charge on any atom is 0.280 e. The van der Waals surface area contributed by atoms with Crippen LogP contribution in [-0.2, 0) is 4.79 Å². The molecule has 2 aromatic rings. The predicted octanol–water partition coefficient (Wildman–Crippen LogP) is 3.79. The van der Waals surface area contributed by atoms with Gasteiger partial charge in [0.2, 0.25) is 0 Å². The van der Waals surface area contributed by atoms with Crippen LogP contribution in [0.1, 0.15) is 19.4 Å². The van der Waals surface area contributed by atoms with Gasteiger partial charge in [0.05, 0.1) is 21.9 Å². The fourth-order valence-corrected chi connectivity index (χ4v) is 2.66. The summed E-state index contributed by atoms with van der Waals surface area (Å²) in [5.41, 5.74) is 3.37. The second kappa shape index (κ2) is 6.08. The minimum Gasteiger partial charge on any atom is -0.267 e. The number of hydrogen-bond acceptors (Lipinski definition) is 4. The average Bonchev–Trinajstić information content (AvgIpc) is 2.89. The van der Waals surface area contributed by atoms with Gasteiger partial charge in [-0.05, 0) is 49.2 Å². The van der Waals surface area contributed by atoms with Gasteiger partial charge in [0.1, 0.15) is 0 Å². The summed E-state index contributed by atoms with van der Waals surface area (Å²) in [6, 6.07) is 15.4. The van der Waals surface area contributed by atoms with Gasteiger partial charge in [0.25, 0.3) is 11.6 Å². The van der Waals surface area contributed by atoms with Crippen LogP contribution in [0.4, 0.5) is 11.4 Å². The molecule has 0 spiro atoms. The van der Waals surface area contributed by atoms with E-state index in [2.05, 4.69) is 5.10 Å². The number of non-ortho nitro benzene ring substituents is 1. The topological polar surface area (TPSA) is 75.8 Å². The average molecular weight is 321 g/mol. The monoisotopic (exact) mass is 321 g/mol. The molecule has 0 unspecified atom stereocenters. The Labute approximate surface area is 138 Å². The largest absolute Gasteiger partial charge is 0.280 e. The number of benzene rings is 2. The first-order valence-corrected chi connectivity index (χ1v) is 7.40. The molecule has 0 saturated heterocycles. The van der Waals surface area contributed by atoms with Crippen molar-refractivity contribution in [2.75, 3.05) is 5.01 Å². The molecule has 120 valence electrons. The fourth-order valence-electron chi connectivity index (χ4n) is 2.66. The van der Waals surface area contributed by atoms with Gasteiger partial charge >= 0.3 is 0 Å². The second-order valence-corrected chi connectivity index (χ2v) is 5.44. The number of para-hydroxylation sites is 1. The molecule has 0 saturated carbocycles. The molecule has 24 heavy (non-hydrogen) atoms. The van der Waals surface area contributed by atoms with Crippen LogP contribution in [0.2, 0.25) is 0 Å². The lowest BCUT2D eigenvalue weighted by Gasteiger charge is -2.12. The zero-order chi connectivity index (χ0) is 17.3. The molecule has 0 bridgehead atoms. The van der Waals surface area contributed by atoms with Gasteiger partial charge < -0.3 is 0 Å². The van der Waals surface area contributed by atoms with Gasteiger partial charge in [0, 0.05) is 12.1 Å². The van der Waals surface area contributed by atoms with E-state index in [-0.39, 0.29) is 11.6 Å². The van der Waals surface area contributed by atoms with Crippen LogP contribution in [0, 0.1) is 10.1 Å². The van der Waals surface area contributed by atoms with Crippen LogP contribution in [0.5, 0.6) is 0 Å². The van der Waals surface area contributed by atoms with Crippen molar-refractivity contribution in [2.45, 2.75) is 13.8 Å². The van der Waals surface area contributed by atoms with Crippen LogP contribution in [0.25, 0.3) is 5.57 Å². The summed E-state index contributed by atoms with van der Waals surface area (Å²) in [5, 5.41) is 16.5. The lowest BCUT2D eigenvalue weighted by atomic mass is 9.98. The molecule has 0 N–H and O–H groups in total. The Morgan fingerprint density at radius 1 is 1.08 bits per heavy atom. The van der Waals surface area contributed by atoms with Crippen molar-refractivity contribution in [3.63, 3.8) is 0 Å². The molecular formula is C18H15N3O3. The lowest BCUT2D eigenvalue weighted by Crippen LogP contribution is -2.21. The van der Waals surface area contributed by atoms with Crippen LogP contribution in [0.3, 0.4) is 0 Å². The third-order valence-electron chi connectivity index (χ3n) is 3.90. The highest BCUT2D eigenvalue weighted by Crippen LogP contribution is 2.29. The number of nitrogens with zero attached hydrogens (tertiary/aromatic N) is 3. The number of allylic oxidation sites excluding steroid dienone is 1. The van der Waals surface area contributed by atoms with E-state index in [0.29, 0.717) is 17.0 Å². The summed E-state index contributed by atoms with van der Waals surface area (Å²) in [7, 11) is 0. The second-order valence-electron chi connectivity index (χ2n) is 5.44. The number of carbonyl (C=O) groups is 1. The van der Waals surface area contributed by atoms with E-state index in [9.17, 15) is 14.9 Å². The Morgan fingerprint density at radius 2 is 1.71 bits per heavy atom. The lowest BCUT2D eigenvalue weighted by molar-refractivity contribution is -0.384. The van der Waals surface area contributed by atoms with Crippen molar-refractivity contribution in [1.82, 2.24) is 0 Å². The Balaban J connectivity index is 1.99. The van der Waals surface area contributed by atoms with Gasteiger partial charge in [0.15, 0.2) is 0 Å². The van der Waals surface area contributed by atoms with Crippen LogP contribution in [0.15, 0.2) is 65.3 Å². The quantitative estimate of drug-likeness (QED) is 0.490. The molecule has 6 nitrogen and oxygen atoms in total. The first-order chi connectivity index (χ1) is 11.5. The van der Waals surface area contributed by atoms with Crippen LogP contribution in [-0.4, -0.2) is 16.5 Å². The number of hydrazone groups is 1. The minimum absolute atomic E-state index is 0.0191. The molecule has 3 rings (SSSR count). The summed E-state index contributed by atoms with van der Waals surface area (Å²) in [5.74, 6) is -0.199. The first kappa shape index (κ1) is 15.6. The standard InChI is InChI=1S/C18H15N3O3/c1-12(14-8-10-16(11-9-14)21(23)24)17-13(2)19-20(18(17)22)15-6-4-3-5-7-15/h3-11H,1-2H3. The first-order valence-electron chi connectivity index (χ1n) is 7.40. The number of hydrogen-bond donors (Lipinski definition) is 0. The predicted molar refractivity (Wildman–Crippen MR) is 92.7 cm³/mol. The maximum atomic E-state index is 12.8. The number of carbonyl (C=O) groups excluding carboxylic acids is 1. The van der Waals surface area contributed by atoms with Gasteiger partial charge in [-0.3, -0.25) is 14.9 Å². The Hall–Kier alpha value is -3.28. The molecule has 1 aliphatic rings. The van der Waals surface area contributed by atoms with Crippen molar-refractivity contribution < 1.29 is 9.72 Å². The van der Waals surface area contributed by atoms with E-state index in [1.807, 2.05) is 37.3 Å². The highest BCUT2D eigenvalue weighted by molar-refractivity contribution is 6.33. The molecule has 1 heterocycles. The van der Waals surface area contributed by atoms with Crippen molar-refractivity contribution in [2.24, 2.45) is 5.10 Å². The molecule has 0 fully saturated rings. The summed E-state index contributed by atoms with van der Waals surface area (Å²) in [4.78, 5) is 23.1.